The Morgan fingerprint density at radius 2 is 1.93 bits per heavy atom. The van der Waals surface area contributed by atoms with Crippen LogP contribution in [0.5, 0.6) is 0 Å². The van der Waals surface area contributed by atoms with E-state index in [-0.39, 0.29) is 22.9 Å². The number of aromatic nitrogens is 2. The monoisotopic (exact) mass is 433 g/mol. The van der Waals surface area contributed by atoms with Crippen molar-refractivity contribution in [1.29, 1.82) is 0 Å². The third kappa shape index (κ3) is 4.60. The lowest BCUT2D eigenvalue weighted by Crippen LogP contribution is -2.34. The Kier molecular flexibility index (Phi) is 6.14. The Morgan fingerprint density at radius 3 is 2.45 bits per heavy atom. The summed E-state index contributed by atoms with van der Waals surface area (Å²) in [6.45, 7) is 6.43. The van der Waals surface area contributed by atoms with Gasteiger partial charge in [0.05, 0.1) is 11.6 Å². The summed E-state index contributed by atoms with van der Waals surface area (Å²) in [6, 6.07) is 0.381. The van der Waals surface area contributed by atoms with E-state index in [2.05, 4.69) is 10.2 Å². The lowest BCUT2D eigenvalue weighted by molar-refractivity contribution is -0.121. The van der Waals surface area contributed by atoms with Crippen molar-refractivity contribution in [1.82, 2.24) is 10.2 Å². The van der Waals surface area contributed by atoms with Crippen LogP contribution in [0.25, 0.3) is 11.5 Å². The molecule has 0 aliphatic carbocycles. The molecule has 1 heterocycles. The van der Waals surface area contributed by atoms with Crippen LogP contribution in [0.4, 0.5) is 13.2 Å². The fourth-order valence-corrected chi connectivity index (χ4v) is 2.97. The summed E-state index contributed by atoms with van der Waals surface area (Å²) in [5.41, 5.74) is 4.63. The highest BCUT2D eigenvalue weighted by molar-refractivity contribution is 7.58. The summed E-state index contributed by atoms with van der Waals surface area (Å²) in [4.78, 5) is 21.1. The fourth-order valence-electron chi connectivity index (χ4n) is 2.53. The zero-order valence-electron chi connectivity index (χ0n) is 16.7. The van der Waals surface area contributed by atoms with Crippen LogP contribution >= 0.6 is 7.37 Å². The molecule has 1 aromatic carbocycles. The van der Waals surface area contributed by atoms with E-state index in [9.17, 15) is 27.4 Å². The summed E-state index contributed by atoms with van der Waals surface area (Å²) in [6.07, 6.45) is -0.955. The lowest BCUT2D eigenvalue weighted by atomic mass is 9.94. The molecule has 2 rings (SSSR count). The first-order chi connectivity index (χ1) is 13.1. The van der Waals surface area contributed by atoms with Crippen LogP contribution in [0.3, 0.4) is 0 Å². The van der Waals surface area contributed by atoms with Crippen molar-refractivity contribution < 1.29 is 31.8 Å². The maximum absolute atomic E-state index is 14.6. The van der Waals surface area contributed by atoms with Gasteiger partial charge in [0, 0.05) is 18.6 Å². The number of ketones is 1. The van der Waals surface area contributed by atoms with Gasteiger partial charge in [-0.05, 0) is 45.4 Å². The Bertz CT molecular complexity index is 985. The number of alkyl halides is 2. The number of nitrogens with zero attached hydrogens (tertiary/aromatic N) is 2. The first-order valence-electron chi connectivity index (χ1n) is 8.67. The Morgan fingerprint density at radius 1 is 1.34 bits per heavy atom. The maximum atomic E-state index is 14.6. The van der Waals surface area contributed by atoms with Gasteiger partial charge in [-0.2, -0.15) is 0 Å². The van der Waals surface area contributed by atoms with Gasteiger partial charge >= 0.3 is 0 Å². The van der Waals surface area contributed by atoms with Crippen molar-refractivity contribution in [3.05, 3.63) is 35.0 Å². The number of nitrogens with two attached hydrogens (primary N) is 1. The third-order valence-electron chi connectivity index (χ3n) is 4.92. The molecule has 2 aromatic rings. The Labute approximate surface area is 166 Å². The number of carbonyl (C=O) groups excluding carboxylic acids is 1. The molecule has 0 amide bonds. The average Bonchev–Trinajstić information content (AvgIpc) is 3.05. The minimum absolute atomic E-state index is 0.0319. The largest absolute Gasteiger partial charge is 0.419 e. The summed E-state index contributed by atoms with van der Waals surface area (Å²) in [7, 11) is -3.67. The maximum Gasteiger partial charge on any atom is 0.275 e. The molecule has 2 unspecified atom stereocenters. The quantitative estimate of drug-likeness (QED) is 0.639. The Balaban J connectivity index is 2.45. The second-order valence-electron chi connectivity index (χ2n) is 7.62. The third-order valence-corrected chi connectivity index (χ3v) is 7.19. The number of Topliss-reactive ketones (excluding diaryl/α,β-unsaturated/α-hetero) is 1. The second-order valence-corrected chi connectivity index (χ2v) is 10.5. The van der Waals surface area contributed by atoms with Gasteiger partial charge in [-0.3, -0.25) is 9.36 Å². The summed E-state index contributed by atoms with van der Waals surface area (Å²) < 4.78 is 61.1. The lowest BCUT2D eigenvalue weighted by Gasteiger charge is -2.23. The standard InChI is InChI=1S/C18H23F3N3O4P/c1-9-6-11(15-23-24-16(28-15)17(3,4)29(5,26)27)13(19)7-12(9)18(20,21)8-14(22)10(2)25/h6-7,14H,8,22H2,1-5H3,(H,26,27). The SMILES string of the molecule is CC(=O)C(N)CC(F)(F)c1cc(F)c(-c2nnc(C(C)(C)P(C)(=O)O)o2)cc1C. The predicted molar refractivity (Wildman–Crippen MR) is 100 cm³/mol. The number of hydrogen-bond acceptors (Lipinski definition) is 6. The highest BCUT2D eigenvalue weighted by Gasteiger charge is 2.42. The Hall–Kier alpha value is -2.03. The number of hydrogen-bond donors (Lipinski definition) is 2. The van der Waals surface area contributed by atoms with E-state index >= 15 is 0 Å². The number of carbonyl (C=O) groups is 1. The van der Waals surface area contributed by atoms with Crippen LogP contribution in [0.15, 0.2) is 16.5 Å². The molecule has 29 heavy (non-hydrogen) atoms. The normalized spacial score (nSPS) is 15.8. The molecule has 3 N–H and O–H groups in total. The molecule has 0 aliphatic heterocycles. The molecular formula is C18H23F3N3O4P. The highest BCUT2D eigenvalue weighted by Crippen LogP contribution is 2.56. The van der Waals surface area contributed by atoms with Gasteiger partial charge in [-0.15, -0.1) is 10.2 Å². The van der Waals surface area contributed by atoms with Crippen LogP contribution in [0.1, 0.15) is 44.2 Å². The first kappa shape index (κ1) is 23.3. The van der Waals surface area contributed by atoms with E-state index in [0.29, 0.717) is 6.07 Å². The van der Waals surface area contributed by atoms with Crippen molar-refractivity contribution >= 4 is 13.2 Å². The topological polar surface area (TPSA) is 119 Å². The van der Waals surface area contributed by atoms with E-state index in [4.69, 9.17) is 10.2 Å². The average molecular weight is 433 g/mol. The molecule has 0 saturated heterocycles. The number of aryl methyl sites for hydroxylation is 1. The first-order valence-corrected chi connectivity index (χ1v) is 10.8. The van der Waals surface area contributed by atoms with Crippen LogP contribution in [0.2, 0.25) is 0 Å². The van der Waals surface area contributed by atoms with Gasteiger partial charge in [-0.1, -0.05) is 0 Å². The molecule has 0 fully saturated rings. The van der Waals surface area contributed by atoms with Gasteiger partial charge in [0.2, 0.25) is 13.3 Å². The van der Waals surface area contributed by atoms with Crippen LogP contribution in [0, 0.1) is 12.7 Å². The van der Waals surface area contributed by atoms with Gasteiger partial charge in [0.1, 0.15) is 16.8 Å². The van der Waals surface area contributed by atoms with E-state index in [1.807, 2.05) is 0 Å². The van der Waals surface area contributed by atoms with Crippen molar-refractivity contribution in [2.75, 3.05) is 6.66 Å². The van der Waals surface area contributed by atoms with E-state index in [1.54, 1.807) is 0 Å². The molecule has 1 aromatic heterocycles. The summed E-state index contributed by atoms with van der Waals surface area (Å²) in [5, 5.41) is 6.03. The molecule has 11 heteroatoms. The molecule has 2 atom stereocenters. The molecule has 0 saturated carbocycles. The molecule has 0 aliphatic rings. The number of rotatable bonds is 7. The van der Waals surface area contributed by atoms with E-state index < -0.39 is 48.1 Å². The van der Waals surface area contributed by atoms with Crippen LogP contribution in [-0.2, 0) is 20.4 Å². The molecule has 0 spiro atoms. The molecule has 160 valence electrons. The van der Waals surface area contributed by atoms with Gasteiger partial charge in [0.15, 0.2) is 0 Å². The molecule has 7 nitrogen and oxygen atoms in total. The van der Waals surface area contributed by atoms with Crippen LogP contribution < -0.4 is 5.73 Å². The van der Waals surface area contributed by atoms with Crippen molar-refractivity contribution in [3.63, 3.8) is 0 Å². The molecular weight excluding hydrogens is 410 g/mol. The van der Waals surface area contributed by atoms with Gasteiger partial charge in [-0.25, -0.2) is 13.2 Å². The van der Waals surface area contributed by atoms with Crippen molar-refractivity contribution in [3.8, 4) is 11.5 Å². The smallest absolute Gasteiger partial charge is 0.275 e. The van der Waals surface area contributed by atoms with E-state index in [1.165, 1.54) is 20.8 Å². The van der Waals surface area contributed by atoms with Gasteiger partial charge in [0.25, 0.3) is 11.8 Å². The number of halogens is 3. The van der Waals surface area contributed by atoms with Crippen molar-refractivity contribution in [2.24, 2.45) is 5.73 Å². The zero-order chi connectivity index (χ0) is 22.4. The second kappa shape index (κ2) is 7.66. The fraction of sp³-hybridized carbons (Fsp3) is 0.500. The molecule has 0 radical (unpaired) electrons. The predicted octanol–water partition coefficient (Wildman–Crippen LogP) is 3.72. The minimum Gasteiger partial charge on any atom is -0.419 e. The number of benzene rings is 1. The van der Waals surface area contributed by atoms with Crippen LogP contribution in [-0.4, -0.2) is 33.6 Å². The van der Waals surface area contributed by atoms with Gasteiger partial charge < -0.3 is 15.0 Å². The summed E-state index contributed by atoms with van der Waals surface area (Å²) >= 11 is 0. The highest BCUT2D eigenvalue weighted by atomic mass is 31.2. The minimum atomic E-state index is -3.67. The van der Waals surface area contributed by atoms with Crippen molar-refractivity contribution in [2.45, 2.75) is 51.2 Å². The summed E-state index contributed by atoms with van der Waals surface area (Å²) in [5.74, 6) is -5.66. The molecule has 0 bridgehead atoms. The van der Waals surface area contributed by atoms with E-state index in [0.717, 1.165) is 19.7 Å². The zero-order valence-corrected chi connectivity index (χ0v) is 17.6.